The fourth-order valence-electron chi connectivity index (χ4n) is 0.950. The van der Waals surface area contributed by atoms with E-state index in [1.54, 1.807) is 0 Å². The standard InChI is InChI=1S/C11H19N/c1-4-5-6-8-11(2)9-7-10-12-3/h9,12H,6-8,10H2,1-3H3/b11-9-. The lowest BCUT2D eigenvalue weighted by Gasteiger charge is -1.97. The topological polar surface area (TPSA) is 12.0 Å². The summed E-state index contributed by atoms with van der Waals surface area (Å²) in [5.74, 6) is 5.96. The fourth-order valence-corrected chi connectivity index (χ4v) is 0.950. The zero-order valence-corrected chi connectivity index (χ0v) is 8.41. The molecule has 0 aromatic heterocycles. The number of allylic oxidation sites excluding steroid dienone is 1. The second-order valence-electron chi connectivity index (χ2n) is 2.87. The Bertz CT molecular complexity index is 181. The Hall–Kier alpha value is -0.740. The van der Waals surface area contributed by atoms with Crippen LogP contribution in [0.2, 0.25) is 0 Å². The van der Waals surface area contributed by atoms with Crippen molar-refractivity contribution in [1.29, 1.82) is 0 Å². The van der Waals surface area contributed by atoms with Gasteiger partial charge in [-0.25, -0.2) is 0 Å². The number of hydrogen-bond donors (Lipinski definition) is 1. The van der Waals surface area contributed by atoms with E-state index in [0.29, 0.717) is 0 Å². The van der Waals surface area contributed by atoms with Crippen LogP contribution >= 0.6 is 0 Å². The zero-order chi connectivity index (χ0) is 9.23. The normalized spacial score (nSPS) is 10.8. The molecule has 0 unspecified atom stereocenters. The lowest BCUT2D eigenvalue weighted by atomic mass is 10.1. The molecule has 0 aliphatic rings. The van der Waals surface area contributed by atoms with Gasteiger partial charge in [-0.2, -0.15) is 0 Å². The minimum Gasteiger partial charge on any atom is -0.319 e. The van der Waals surface area contributed by atoms with Crippen molar-refractivity contribution in [3.05, 3.63) is 11.6 Å². The maximum Gasteiger partial charge on any atom is 0.0126 e. The van der Waals surface area contributed by atoms with Crippen molar-refractivity contribution in [2.75, 3.05) is 13.6 Å². The Morgan fingerprint density at radius 1 is 1.50 bits per heavy atom. The van der Waals surface area contributed by atoms with Crippen LogP contribution in [-0.4, -0.2) is 13.6 Å². The van der Waals surface area contributed by atoms with Crippen LogP contribution in [0.1, 0.15) is 33.1 Å². The van der Waals surface area contributed by atoms with Gasteiger partial charge in [-0.3, -0.25) is 0 Å². The third kappa shape index (κ3) is 7.37. The number of rotatable bonds is 5. The van der Waals surface area contributed by atoms with Crippen LogP contribution in [0, 0.1) is 11.8 Å². The Balaban J connectivity index is 3.46. The van der Waals surface area contributed by atoms with Crippen LogP contribution in [0.3, 0.4) is 0 Å². The second-order valence-corrected chi connectivity index (χ2v) is 2.87. The van der Waals surface area contributed by atoms with Gasteiger partial charge in [0.25, 0.3) is 0 Å². The summed E-state index contributed by atoms with van der Waals surface area (Å²) in [5.41, 5.74) is 1.45. The van der Waals surface area contributed by atoms with Gasteiger partial charge in [-0.05, 0) is 40.3 Å². The van der Waals surface area contributed by atoms with Gasteiger partial charge in [-0.1, -0.05) is 11.6 Å². The number of nitrogens with one attached hydrogen (secondary N) is 1. The fraction of sp³-hybridized carbons (Fsp3) is 0.636. The number of hydrogen-bond acceptors (Lipinski definition) is 1. The van der Waals surface area contributed by atoms with Gasteiger partial charge in [0.1, 0.15) is 0 Å². The van der Waals surface area contributed by atoms with Crippen molar-refractivity contribution in [3.63, 3.8) is 0 Å². The highest BCUT2D eigenvalue weighted by atomic mass is 14.8. The van der Waals surface area contributed by atoms with Crippen LogP contribution in [0.5, 0.6) is 0 Å². The van der Waals surface area contributed by atoms with E-state index in [0.717, 1.165) is 25.8 Å². The van der Waals surface area contributed by atoms with Gasteiger partial charge in [-0.15, -0.1) is 11.8 Å². The van der Waals surface area contributed by atoms with E-state index in [9.17, 15) is 0 Å². The average molecular weight is 165 g/mol. The molecular formula is C11H19N. The monoisotopic (exact) mass is 165 g/mol. The first-order chi connectivity index (χ1) is 5.81. The van der Waals surface area contributed by atoms with E-state index in [4.69, 9.17) is 0 Å². The molecule has 1 heteroatoms. The Labute approximate surface area is 76.2 Å². The molecule has 12 heavy (non-hydrogen) atoms. The molecule has 0 rings (SSSR count). The van der Waals surface area contributed by atoms with Crippen LogP contribution in [0.25, 0.3) is 0 Å². The summed E-state index contributed by atoms with van der Waals surface area (Å²) in [6.45, 7) is 5.13. The van der Waals surface area contributed by atoms with Crippen LogP contribution < -0.4 is 5.32 Å². The molecule has 0 bridgehead atoms. The minimum atomic E-state index is 0.998. The molecule has 0 saturated carbocycles. The van der Waals surface area contributed by atoms with Crippen molar-refractivity contribution in [3.8, 4) is 11.8 Å². The summed E-state index contributed by atoms with van der Waals surface area (Å²) in [6, 6.07) is 0. The molecule has 0 atom stereocenters. The smallest absolute Gasteiger partial charge is 0.0126 e. The Morgan fingerprint density at radius 2 is 2.25 bits per heavy atom. The predicted octanol–water partition coefficient (Wildman–Crippen LogP) is 2.35. The van der Waals surface area contributed by atoms with Gasteiger partial charge < -0.3 is 5.32 Å². The summed E-state index contributed by atoms with van der Waals surface area (Å²) >= 11 is 0. The van der Waals surface area contributed by atoms with E-state index in [1.807, 2.05) is 14.0 Å². The lowest BCUT2D eigenvalue weighted by Crippen LogP contribution is -2.06. The van der Waals surface area contributed by atoms with Crippen LogP contribution in [-0.2, 0) is 0 Å². The molecule has 1 nitrogen and oxygen atoms in total. The molecule has 0 saturated heterocycles. The van der Waals surface area contributed by atoms with E-state index in [-0.39, 0.29) is 0 Å². The quantitative estimate of drug-likeness (QED) is 0.374. The van der Waals surface area contributed by atoms with Gasteiger partial charge in [0, 0.05) is 6.42 Å². The van der Waals surface area contributed by atoms with Crippen molar-refractivity contribution < 1.29 is 0 Å². The van der Waals surface area contributed by atoms with Gasteiger partial charge in [0.05, 0.1) is 0 Å². The molecular weight excluding hydrogens is 146 g/mol. The van der Waals surface area contributed by atoms with Gasteiger partial charge >= 0.3 is 0 Å². The average Bonchev–Trinajstić information content (AvgIpc) is 2.06. The molecule has 0 aliphatic heterocycles. The summed E-state index contributed by atoms with van der Waals surface area (Å²) in [6.07, 6.45) is 5.53. The van der Waals surface area contributed by atoms with Crippen molar-refractivity contribution in [2.24, 2.45) is 0 Å². The van der Waals surface area contributed by atoms with E-state index >= 15 is 0 Å². The second kappa shape index (κ2) is 8.36. The highest BCUT2D eigenvalue weighted by Gasteiger charge is 1.86. The highest BCUT2D eigenvalue weighted by Crippen LogP contribution is 2.03. The van der Waals surface area contributed by atoms with Gasteiger partial charge in [0.15, 0.2) is 0 Å². The summed E-state index contributed by atoms with van der Waals surface area (Å²) < 4.78 is 0. The third-order valence-corrected chi connectivity index (χ3v) is 1.71. The molecule has 0 aliphatic carbocycles. The first kappa shape index (κ1) is 11.3. The molecule has 0 radical (unpaired) electrons. The van der Waals surface area contributed by atoms with Crippen LogP contribution in [0.15, 0.2) is 11.6 Å². The molecule has 0 fully saturated rings. The van der Waals surface area contributed by atoms with Crippen molar-refractivity contribution >= 4 is 0 Å². The molecule has 0 spiro atoms. The van der Waals surface area contributed by atoms with Crippen molar-refractivity contribution in [2.45, 2.75) is 33.1 Å². The Kier molecular flexibility index (Phi) is 7.84. The first-order valence-electron chi connectivity index (χ1n) is 4.51. The maximum atomic E-state index is 3.12. The maximum absolute atomic E-state index is 3.12. The van der Waals surface area contributed by atoms with Crippen molar-refractivity contribution in [1.82, 2.24) is 5.32 Å². The zero-order valence-electron chi connectivity index (χ0n) is 8.41. The molecule has 68 valence electrons. The summed E-state index contributed by atoms with van der Waals surface area (Å²) in [7, 11) is 1.98. The van der Waals surface area contributed by atoms with Gasteiger partial charge in [0.2, 0.25) is 0 Å². The van der Waals surface area contributed by atoms with E-state index in [2.05, 4.69) is 30.2 Å². The predicted molar refractivity (Wildman–Crippen MR) is 55.0 cm³/mol. The first-order valence-corrected chi connectivity index (χ1v) is 4.51. The summed E-state index contributed by atoms with van der Waals surface area (Å²) in [5, 5.41) is 3.12. The SMILES string of the molecule is CC#CCC/C(C)=C\CCNC. The van der Waals surface area contributed by atoms with E-state index in [1.165, 1.54) is 5.57 Å². The summed E-state index contributed by atoms with van der Waals surface area (Å²) in [4.78, 5) is 0. The van der Waals surface area contributed by atoms with E-state index < -0.39 is 0 Å². The molecule has 0 aromatic rings. The highest BCUT2D eigenvalue weighted by molar-refractivity contribution is 5.03. The third-order valence-electron chi connectivity index (χ3n) is 1.71. The molecule has 0 heterocycles. The largest absolute Gasteiger partial charge is 0.319 e. The molecule has 0 amide bonds. The van der Waals surface area contributed by atoms with Crippen LogP contribution in [0.4, 0.5) is 0 Å². The molecule has 0 aromatic carbocycles. The minimum absolute atomic E-state index is 0.998. The Morgan fingerprint density at radius 3 is 2.83 bits per heavy atom. The lowest BCUT2D eigenvalue weighted by molar-refractivity contribution is 0.800. The molecule has 1 N–H and O–H groups in total.